The highest BCUT2D eigenvalue weighted by Crippen LogP contribution is 2.54. The van der Waals surface area contributed by atoms with Crippen LogP contribution in [-0.4, -0.2) is 19.5 Å². The predicted octanol–water partition coefficient (Wildman–Crippen LogP) is 15.1. The van der Waals surface area contributed by atoms with Gasteiger partial charge in [-0.05, 0) is 53.1 Å². The largest absolute Gasteiger partial charge is 0.455 e. The fourth-order valence-corrected chi connectivity index (χ4v) is 10.0. The van der Waals surface area contributed by atoms with Crippen LogP contribution in [0.25, 0.3) is 139 Å². The summed E-state index contributed by atoms with van der Waals surface area (Å²) >= 11 is 0. The fraction of sp³-hybridized carbons (Fsp3) is 0. The first-order chi connectivity index (χ1) is 31.2. The minimum atomic E-state index is 0.520. The van der Waals surface area contributed by atoms with Crippen molar-refractivity contribution in [2.45, 2.75) is 0 Å². The third-order valence-corrected chi connectivity index (χ3v) is 12.8. The van der Waals surface area contributed by atoms with Crippen LogP contribution in [-0.2, 0) is 0 Å². The minimum absolute atomic E-state index is 0.520. The Labute approximate surface area is 360 Å². The van der Waals surface area contributed by atoms with Crippen molar-refractivity contribution in [1.82, 2.24) is 19.5 Å². The molecule has 0 spiro atoms. The number of nitrogens with zero attached hydrogens (tertiary/aromatic N) is 4. The van der Waals surface area contributed by atoms with Gasteiger partial charge in [-0.25, -0.2) is 15.0 Å². The zero-order valence-electron chi connectivity index (χ0n) is 33.6. The van der Waals surface area contributed by atoms with E-state index < -0.39 is 0 Å². The average molecular weight is 805 g/mol. The summed E-state index contributed by atoms with van der Waals surface area (Å²) in [5, 5.41) is 6.52. The van der Waals surface area contributed by atoms with E-state index >= 15 is 0 Å². The summed E-state index contributed by atoms with van der Waals surface area (Å²) in [6.45, 7) is 0. The molecule has 6 nitrogen and oxygen atoms in total. The van der Waals surface area contributed by atoms with Crippen molar-refractivity contribution in [2.24, 2.45) is 0 Å². The maximum absolute atomic E-state index is 7.05. The first-order valence-electron chi connectivity index (χ1n) is 21.2. The first-order valence-corrected chi connectivity index (χ1v) is 21.2. The Hall–Kier alpha value is -8.61. The molecule has 0 atom stereocenters. The number of para-hydroxylation sites is 4. The van der Waals surface area contributed by atoms with E-state index in [2.05, 4.69) is 150 Å². The summed E-state index contributed by atoms with van der Waals surface area (Å²) < 4.78 is 16.4. The second kappa shape index (κ2) is 12.9. The molecule has 0 saturated heterocycles. The molecular weight excluding hydrogens is 773 g/mol. The van der Waals surface area contributed by atoms with E-state index in [1.807, 2.05) is 48.5 Å². The van der Waals surface area contributed by atoms with Gasteiger partial charge in [-0.1, -0.05) is 158 Å². The van der Waals surface area contributed by atoms with Crippen LogP contribution in [0.5, 0.6) is 0 Å². The van der Waals surface area contributed by atoms with Gasteiger partial charge in [0.25, 0.3) is 0 Å². The smallest absolute Gasteiger partial charge is 0.167 e. The lowest BCUT2D eigenvalue weighted by Crippen LogP contribution is -2.02. The van der Waals surface area contributed by atoms with Crippen molar-refractivity contribution in [2.75, 3.05) is 0 Å². The third kappa shape index (κ3) is 4.91. The molecule has 0 radical (unpaired) electrons. The minimum Gasteiger partial charge on any atom is -0.455 e. The van der Waals surface area contributed by atoms with Gasteiger partial charge in [-0.3, -0.25) is 0 Å². The molecule has 0 aliphatic carbocycles. The maximum Gasteiger partial charge on any atom is 0.167 e. The molecule has 1 aliphatic rings. The monoisotopic (exact) mass is 804 g/mol. The molecule has 9 aromatic carbocycles. The average Bonchev–Trinajstić information content (AvgIpc) is 4.01. The Morgan fingerprint density at radius 1 is 0.349 bits per heavy atom. The molecule has 14 rings (SSSR count). The Morgan fingerprint density at radius 2 is 0.952 bits per heavy atom. The molecule has 0 N–H and O–H groups in total. The van der Waals surface area contributed by atoms with Crippen LogP contribution in [0.2, 0.25) is 0 Å². The molecule has 1 aliphatic heterocycles. The predicted molar refractivity (Wildman–Crippen MR) is 255 cm³/mol. The van der Waals surface area contributed by atoms with Crippen LogP contribution in [0, 0.1) is 0 Å². The molecule has 6 heteroatoms. The number of benzene rings is 9. The quantitative estimate of drug-likeness (QED) is 0.177. The fourth-order valence-electron chi connectivity index (χ4n) is 10.0. The molecule has 0 unspecified atom stereocenters. The Kier molecular flexibility index (Phi) is 7.02. The van der Waals surface area contributed by atoms with Gasteiger partial charge < -0.3 is 13.4 Å². The zero-order valence-corrected chi connectivity index (χ0v) is 33.6. The van der Waals surface area contributed by atoms with Crippen LogP contribution < -0.4 is 0 Å². The van der Waals surface area contributed by atoms with Gasteiger partial charge in [0.1, 0.15) is 22.3 Å². The molecule has 0 amide bonds. The lowest BCUT2D eigenvalue weighted by Gasteiger charge is -2.17. The highest BCUT2D eigenvalue weighted by atomic mass is 16.3. The van der Waals surface area contributed by atoms with Crippen LogP contribution in [0.4, 0.5) is 0 Å². The van der Waals surface area contributed by atoms with Gasteiger partial charge in [-0.2, -0.15) is 0 Å². The third-order valence-electron chi connectivity index (χ3n) is 12.8. The van der Waals surface area contributed by atoms with E-state index in [4.69, 9.17) is 23.8 Å². The van der Waals surface area contributed by atoms with E-state index in [0.717, 1.165) is 105 Å². The SMILES string of the molecule is c1ccc(-c2cccc(-c3nc(-c4ccccc4)nc(-c4cc5c(c6c4oc4ccccc46)-n4c6ccccc6c6cccc(c64)-c4c-5ccc5c4oc4ccccc45)n3)c2)cc1. The van der Waals surface area contributed by atoms with Crippen LogP contribution in [0.1, 0.15) is 0 Å². The number of fused-ring (bicyclic) bond motifs is 16. The molecular formula is C57H32N4O2. The maximum atomic E-state index is 7.05. The lowest BCUT2D eigenvalue weighted by atomic mass is 9.89. The van der Waals surface area contributed by atoms with Gasteiger partial charge >= 0.3 is 0 Å². The lowest BCUT2D eigenvalue weighted by molar-refractivity contribution is 0.669. The molecule has 0 saturated carbocycles. The Balaban J connectivity index is 1.15. The summed E-state index contributed by atoms with van der Waals surface area (Å²) in [6.07, 6.45) is 0. The van der Waals surface area contributed by atoms with E-state index in [1.165, 1.54) is 10.8 Å². The van der Waals surface area contributed by atoms with Gasteiger partial charge in [0.05, 0.1) is 27.7 Å². The van der Waals surface area contributed by atoms with E-state index in [-0.39, 0.29) is 0 Å². The second-order valence-electron chi connectivity index (χ2n) is 16.3. The highest BCUT2D eigenvalue weighted by molar-refractivity contribution is 6.25. The molecule has 4 aromatic heterocycles. The van der Waals surface area contributed by atoms with E-state index in [0.29, 0.717) is 23.1 Å². The van der Waals surface area contributed by atoms with Crippen molar-refractivity contribution >= 4 is 65.7 Å². The number of hydrogen-bond donors (Lipinski definition) is 0. The number of hydrogen-bond acceptors (Lipinski definition) is 5. The molecule has 0 fully saturated rings. The summed E-state index contributed by atoms with van der Waals surface area (Å²) in [6, 6.07) is 67.7. The normalized spacial score (nSPS) is 12.1. The first kappa shape index (κ1) is 34.1. The van der Waals surface area contributed by atoms with Gasteiger partial charge in [0, 0.05) is 54.7 Å². The Morgan fingerprint density at radius 3 is 1.78 bits per heavy atom. The standard InChI is InChI=1S/C57H32N4O2/c1-3-15-33(16-4-1)35-19-13-20-36(31-35)56-58-55(34-17-5-2-6-18-34)59-57(60-56)45-32-44-39-29-30-41-38-22-8-11-27-47(38)62-53(41)49(39)43-25-14-24-40-37-21-7-10-26-46(37)61(51(40)43)52(44)50-42-23-9-12-28-48(42)63-54(45)50/h1-32H. The van der Waals surface area contributed by atoms with E-state index in [9.17, 15) is 0 Å². The van der Waals surface area contributed by atoms with Crippen molar-refractivity contribution in [1.29, 1.82) is 0 Å². The molecule has 63 heavy (non-hydrogen) atoms. The number of furan rings is 2. The molecule has 0 bridgehead atoms. The van der Waals surface area contributed by atoms with Crippen molar-refractivity contribution in [3.8, 4) is 73.2 Å². The number of rotatable bonds is 4. The highest BCUT2D eigenvalue weighted by Gasteiger charge is 2.32. The van der Waals surface area contributed by atoms with Crippen LogP contribution >= 0.6 is 0 Å². The number of aromatic nitrogens is 4. The summed E-state index contributed by atoms with van der Waals surface area (Å²) in [5.41, 5.74) is 15.5. The van der Waals surface area contributed by atoms with Gasteiger partial charge in [0.15, 0.2) is 17.5 Å². The molecule has 5 heterocycles. The van der Waals surface area contributed by atoms with Gasteiger partial charge in [0.2, 0.25) is 0 Å². The van der Waals surface area contributed by atoms with Crippen LogP contribution in [0.15, 0.2) is 203 Å². The molecule has 13 aromatic rings. The second-order valence-corrected chi connectivity index (χ2v) is 16.3. The van der Waals surface area contributed by atoms with Crippen LogP contribution in [0.3, 0.4) is 0 Å². The van der Waals surface area contributed by atoms with Crippen molar-refractivity contribution in [3.63, 3.8) is 0 Å². The summed E-state index contributed by atoms with van der Waals surface area (Å²) in [5.74, 6) is 1.67. The van der Waals surface area contributed by atoms with Crippen molar-refractivity contribution in [3.05, 3.63) is 194 Å². The van der Waals surface area contributed by atoms with Crippen molar-refractivity contribution < 1.29 is 8.83 Å². The molecule has 292 valence electrons. The summed E-state index contributed by atoms with van der Waals surface area (Å²) in [7, 11) is 0. The van der Waals surface area contributed by atoms with Gasteiger partial charge in [-0.15, -0.1) is 0 Å². The topological polar surface area (TPSA) is 69.9 Å². The zero-order chi connectivity index (χ0) is 41.2. The Bertz CT molecular complexity index is 4030. The summed E-state index contributed by atoms with van der Waals surface area (Å²) in [4.78, 5) is 15.9. The van der Waals surface area contributed by atoms with E-state index in [1.54, 1.807) is 0 Å².